The number of pyridine rings is 2. The molecule has 0 radical (unpaired) electrons. The molecule has 0 amide bonds. The van der Waals surface area contributed by atoms with Gasteiger partial charge in [0.25, 0.3) is 0 Å². The van der Waals surface area contributed by atoms with Gasteiger partial charge in [-0.25, -0.2) is 9.59 Å². The van der Waals surface area contributed by atoms with Gasteiger partial charge in [-0.3, -0.25) is 8.42 Å². The van der Waals surface area contributed by atoms with Gasteiger partial charge < -0.3 is 18.6 Å². The molecular formula is C36H32N2O8S. The molecule has 0 aliphatic heterocycles. The van der Waals surface area contributed by atoms with E-state index >= 15 is 0 Å². The second-order valence-corrected chi connectivity index (χ2v) is 11.0. The van der Waals surface area contributed by atoms with Crippen LogP contribution in [0.3, 0.4) is 0 Å². The van der Waals surface area contributed by atoms with E-state index in [1.165, 1.54) is 14.2 Å². The molecule has 0 atom stereocenters. The van der Waals surface area contributed by atoms with Crippen LogP contribution in [0.1, 0.15) is 20.7 Å². The van der Waals surface area contributed by atoms with Gasteiger partial charge in [0.05, 0.1) is 36.1 Å². The van der Waals surface area contributed by atoms with E-state index in [1.54, 1.807) is 0 Å². The van der Waals surface area contributed by atoms with Crippen molar-refractivity contribution in [3.05, 3.63) is 132 Å². The van der Waals surface area contributed by atoms with E-state index in [1.807, 2.05) is 135 Å². The number of benzene rings is 4. The van der Waals surface area contributed by atoms with Crippen LogP contribution in [-0.4, -0.2) is 43.7 Å². The Morgan fingerprint density at radius 3 is 1.17 bits per heavy atom. The summed E-state index contributed by atoms with van der Waals surface area (Å²) in [6.07, 6.45) is 0. The third-order valence-electron chi connectivity index (χ3n) is 7.35. The van der Waals surface area contributed by atoms with Crippen molar-refractivity contribution >= 4 is 44.1 Å². The SMILES string of the molecule is COC(=O)c1cc(-c2ccccc2)[n+](C)c2ccccc12.COC(=O)c1cc(-c2ccccc2)[n+](C)c2ccccc12.O=S(=O)([O-])[O-]. The van der Waals surface area contributed by atoms with Crippen molar-refractivity contribution in [1.29, 1.82) is 0 Å². The van der Waals surface area contributed by atoms with E-state index < -0.39 is 10.4 Å². The zero-order valence-electron chi connectivity index (χ0n) is 26.1. The minimum atomic E-state index is -5.17. The monoisotopic (exact) mass is 652 g/mol. The van der Waals surface area contributed by atoms with Crippen LogP contribution in [-0.2, 0) is 34.0 Å². The Hall–Kier alpha value is -5.49. The third-order valence-corrected chi connectivity index (χ3v) is 7.35. The van der Waals surface area contributed by atoms with Crippen molar-refractivity contribution in [1.82, 2.24) is 0 Å². The Morgan fingerprint density at radius 1 is 0.553 bits per heavy atom. The van der Waals surface area contributed by atoms with Crippen LogP contribution in [0.25, 0.3) is 44.3 Å². The van der Waals surface area contributed by atoms with E-state index in [9.17, 15) is 9.59 Å². The molecule has 0 N–H and O–H groups in total. The molecule has 0 unspecified atom stereocenters. The quantitative estimate of drug-likeness (QED) is 0.113. The van der Waals surface area contributed by atoms with Crippen LogP contribution >= 0.6 is 0 Å². The summed E-state index contributed by atoms with van der Waals surface area (Å²) in [7, 11) is 1.66. The number of methoxy groups -OCH3 is 2. The van der Waals surface area contributed by atoms with Crippen molar-refractivity contribution in [3.63, 3.8) is 0 Å². The standard InChI is InChI=1S/2C18H16NO2.H2O4S/c2*1-19-16-11-7-6-10-14(16)15(18(20)21-2)12-17(19)13-8-4-3-5-9-13;1-5(2,3)4/h2*3-12H,1-2H3;(H2,1,2,3,4)/q2*+1;/p-2. The Kier molecular flexibility index (Phi) is 11.1. The summed E-state index contributed by atoms with van der Waals surface area (Å²) in [5.41, 5.74) is 7.27. The van der Waals surface area contributed by atoms with Crippen LogP contribution in [0, 0.1) is 0 Å². The number of rotatable bonds is 4. The molecule has 0 aliphatic carbocycles. The smallest absolute Gasteiger partial charge is 0.338 e. The zero-order valence-corrected chi connectivity index (χ0v) is 26.9. The van der Waals surface area contributed by atoms with E-state index in [0.29, 0.717) is 11.1 Å². The second kappa shape index (κ2) is 15.2. The molecule has 47 heavy (non-hydrogen) atoms. The lowest BCUT2D eigenvalue weighted by Gasteiger charge is -2.08. The van der Waals surface area contributed by atoms with E-state index in [2.05, 4.69) is 9.13 Å². The summed E-state index contributed by atoms with van der Waals surface area (Å²) < 4.78 is 48.1. The molecule has 6 rings (SSSR count). The highest BCUT2D eigenvalue weighted by atomic mass is 32.3. The van der Waals surface area contributed by atoms with E-state index in [4.69, 9.17) is 27.0 Å². The maximum Gasteiger partial charge on any atom is 0.338 e. The Labute approximate surface area is 272 Å². The summed E-state index contributed by atoms with van der Waals surface area (Å²) in [5, 5.41) is 1.79. The molecular weight excluding hydrogens is 620 g/mol. The van der Waals surface area contributed by atoms with Crippen LogP contribution in [0.2, 0.25) is 0 Å². The molecule has 4 aromatic carbocycles. The van der Waals surface area contributed by atoms with Gasteiger partial charge in [-0.05, 0) is 36.4 Å². The Bertz CT molecular complexity index is 2010. The largest absolute Gasteiger partial charge is 0.759 e. The predicted molar refractivity (Wildman–Crippen MR) is 174 cm³/mol. The number of para-hydroxylation sites is 2. The molecule has 0 bridgehead atoms. The number of aryl methyl sites for hydroxylation is 2. The molecule has 0 fully saturated rings. The fourth-order valence-electron chi connectivity index (χ4n) is 5.20. The molecule has 0 saturated heterocycles. The van der Waals surface area contributed by atoms with Crippen LogP contribution in [0.15, 0.2) is 121 Å². The first-order valence-electron chi connectivity index (χ1n) is 14.2. The number of carbonyl (C=O) groups is 2. The average molecular weight is 653 g/mol. The second-order valence-electron chi connectivity index (χ2n) is 10.2. The van der Waals surface area contributed by atoms with Gasteiger partial charge in [-0.15, -0.1) is 0 Å². The predicted octanol–water partition coefficient (Wildman–Crippen LogP) is 4.90. The van der Waals surface area contributed by atoms with Gasteiger partial charge in [-0.1, -0.05) is 60.7 Å². The fraction of sp³-hybridized carbons (Fsp3) is 0.111. The lowest BCUT2D eigenvalue weighted by Crippen LogP contribution is -2.33. The number of nitrogens with zero attached hydrogens (tertiary/aromatic N) is 2. The van der Waals surface area contributed by atoms with Crippen LogP contribution in [0.5, 0.6) is 0 Å². The number of esters is 2. The lowest BCUT2D eigenvalue weighted by atomic mass is 10.0. The first-order chi connectivity index (χ1) is 22.4. The Balaban J connectivity index is 0.000000186. The number of hydrogen-bond acceptors (Lipinski definition) is 8. The van der Waals surface area contributed by atoms with E-state index in [0.717, 1.165) is 44.3 Å². The molecule has 0 spiro atoms. The lowest BCUT2D eigenvalue weighted by molar-refractivity contribution is -0.633. The first-order valence-corrected chi connectivity index (χ1v) is 15.6. The Morgan fingerprint density at radius 2 is 0.851 bits per heavy atom. The minimum Gasteiger partial charge on any atom is -0.759 e. The van der Waals surface area contributed by atoms with Gasteiger partial charge in [0.1, 0.15) is 14.1 Å². The number of carbonyl (C=O) groups excluding carboxylic acids is 2. The first kappa shape index (κ1) is 34.4. The van der Waals surface area contributed by atoms with Gasteiger partial charge >= 0.3 is 11.9 Å². The fourth-order valence-corrected chi connectivity index (χ4v) is 5.20. The normalized spacial score (nSPS) is 10.7. The third kappa shape index (κ3) is 8.41. The molecule has 6 aromatic rings. The number of aromatic nitrogens is 2. The van der Waals surface area contributed by atoms with Crippen LogP contribution < -0.4 is 9.13 Å². The highest BCUT2D eigenvalue weighted by Gasteiger charge is 2.22. The summed E-state index contributed by atoms with van der Waals surface area (Å²) in [4.78, 5) is 24.2. The maximum atomic E-state index is 12.1. The summed E-state index contributed by atoms with van der Waals surface area (Å²) in [6.45, 7) is 0. The summed E-state index contributed by atoms with van der Waals surface area (Å²) in [6, 6.07) is 39.5. The van der Waals surface area contributed by atoms with Gasteiger partial charge in [0, 0.05) is 45.8 Å². The minimum absolute atomic E-state index is 0.316. The molecule has 0 aliphatic rings. The molecule has 10 nitrogen and oxygen atoms in total. The number of hydrogen-bond donors (Lipinski definition) is 0. The number of fused-ring (bicyclic) bond motifs is 2. The molecule has 2 heterocycles. The van der Waals surface area contributed by atoms with Crippen molar-refractivity contribution in [2.45, 2.75) is 0 Å². The van der Waals surface area contributed by atoms with Gasteiger partial charge in [0.15, 0.2) is 0 Å². The molecule has 0 saturated carbocycles. The molecule has 240 valence electrons. The average Bonchev–Trinajstić information content (AvgIpc) is 3.08. The van der Waals surface area contributed by atoms with E-state index in [-0.39, 0.29) is 11.9 Å². The number of ether oxygens (including phenoxy) is 2. The summed E-state index contributed by atoms with van der Waals surface area (Å²) >= 11 is 0. The van der Waals surface area contributed by atoms with Crippen molar-refractivity contribution < 1.29 is 45.7 Å². The summed E-state index contributed by atoms with van der Waals surface area (Å²) in [5.74, 6) is -0.632. The molecule has 11 heteroatoms. The van der Waals surface area contributed by atoms with Crippen LogP contribution in [0.4, 0.5) is 0 Å². The van der Waals surface area contributed by atoms with Gasteiger partial charge in [-0.2, -0.15) is 9.13 Å². The zero-order chi connectivity index (χ0) is 34.1. The highest BCUT2D eigenvalue weighted by Crippen LogP contribution is 2.25. The highest BCUT2D eigenvalue weighted by molar-refractivity contribution is 7.79. The van der Waals surface area contributed by atoms with Crippen molar-refractivity contribution in [2.24, 2.45) is 14.1 Å². The maximum absolute atomic E-state index is 12.1. The van der Waals surface area contributed by atoms with Gasteiger partial charge in [0.2, 0.25) is 22.4 Å². The topological polar surface area (TPSA) is 141 Å². The molecule has 2 aromatic heterocycles. The van der Waals surface area contributed by atoms with Crippen molar-refractivity contribution in [2.75, 3.05) is 14.2 Å². The van der Waals surface area contributed by atoms with Crippen molar-refractivity contribution in [3.8, 4) is 22.5 Å².